The van der Waals surface area contributed by atoms with Crippen LogP contribution >= 0.6 is 0 Å². The van der Waals surface area contributed by atoms with Crippen LogP contribution in [0.5, 0.6) is 0 Å². The van der Waals surface area contributed by atoms with Gasteiger partial charge in [-0.1, -0.05) is 12.1 Å². The normalized spacial score (nSPS) is 20.6. The number of anilines is 1. The van der Waals surface area contributed by atoms with Crippen molar-refractivity contribution < 1.29 is 5.11 Å². The molecule has 0 bridgehead atoms. The molecule has 0 radical (unpaired) electrons. The van der Waals surface area contributed by atoms with Gasteiger partial charge in [-0.25, -0.2) is 0 Å². The smallest absolute Gasteiger partial charge is 0.0682 e. The van der Waals surface area contributed by atoms with E-state index in [9.17, 15) is 0 Å². The summed E-state index contributed by atoms with van der Waals surface area (Å²) in [5, 5.41) is 12.2. The van der Waals surface area contributed by atoms with Crippen molar-refractivity contribution in [3.05, 3.63) is 29.3 Å². The fourth-order valence-electron chi connectivity index (χ4n) is 1.66. The van der Waals surface area contributed by atoms with Crippen LogP contribution in [0.3, 0.4) is 0 Å². The van der Waals surface area contributed by atoms with Crippen LogP contribution in [0.4, 0.5) is 5.69 Å². The lowest BCUT2D eigenvalue weighted by molar-refractivity contribution is 0.282. The van der Waals surface area contributed by atoms with E-state index in [1.165, 1.54) is 5.56 Å². The summed E-state index contributed by atoms with van der Waals surface area (Å²) in [7, 11) is 0. The quantitative estimate of drug-likeness (QED) is 0.586. The van der Waals surface area contributed by atoms with E-state index in [-0.39, 0.29) is 12.6 Å². The maximum atomic E-state index is 8.94. The van der Waals surface area contributed by atoms with E-state index in [0.717, 1.165) is 24.2 Å². The number of nitrogens with two attached hydrogens (primary N) is 1. The molecule has 0 saturated carbocycles. The molecular weight excluding hydrogens is 164 g/mol. The van der Waals surface area contributed by atoms with Gasteiger partial charge in [0.15, 0.2) is 0 Å². The maximum absolute atomic E-state index is 8.94. The van der Waals surface area contributed by atoms with Crippen LogP contribution in [0.25, 0.3) is 0 Å². The Kier molecular flexibility index (Phi) is 2.20. The Morgan fingerprint density at radius 2 is 2.38 bits per heavy atom. The maximum Gasteiger partial charge on any atom is 0.0682 e. The Labute approximate surface area is 77.6 Å². The third-order valence-electron chi connectivity index (χ3n) is 2.39. The monoisotopic (exact) mass is 178 g/mol. The summed E-state index contributed by atoms with van der Waals surface area (Å²) in [5.41, 5.74) is 9.12. The van der Waals surface area contributed by atoms with Gasteiger partial charge in [0, 0.05) is 18.3 Å². The Balaban J connectivity index is 2.31. The molecular formula is C10H14N2O. The van der Waals surface area contributed by atoms with Gasteiger partial charge in [-0.15, -0.1) is 0 Å². The van der Waals surface area contributed by atoms with Crippen molar-refractivity contribution in [1.29, 1.82) is 0 Å². The van der Waals surface area contributed by atoms with Crippen LogP contribution in [-0.4, -0.2) is 17.7 Å². The SMILES string of the molecule is N[C@H]1CNc2cc(CO)ccc2C1. The van der Waals surface area contributed by atoms with E-state index in [2.05, 4.69) is 5.32 Å². The Morgan fingerprint density at radius 1 is 1.54 bits per heavy atom. The minimum Gasteiger partial charge on any atom is -0.392 e. The van der Waals surface area contributed by atoms with Gasteiger partial charge in [0.2, 0.25) is 0 Å². The van der Waals surface area contributed by atoms with E-state index in [0.29, 0.717) is 0 Å². The van der Waals surface area contributed by atoms with Gasteiger partial charge in [-0.05, 0) is 23.6 Å². The van der Waals surface area contributed by atoms with Gasteiger partial charge >= 0.3 is 0 Å². The standard InChI is InChI=1S/C10H14N2O/c11-9-4-8-2-1-7(6-13)3-10(8)12-5-9/h1-3,9,12-13H,4-6,11H2/t9-/m1/s1. The Hall–Kier alpha value is -1.06. The lowest BCUT2D eigenvalue weighted by Gasteiger charge is -2.23. The van der Waals surface area contributed by atoms with Crippen molar-refractivity contribution in [2.24, 2.45) is 5.73 Å². The molecule has 1 atom stereocenters. The number of hydrogen-bond donors (Lipinski definition) is 3. The summed E-state index contributed by atoms with van der Waals surface area (Å²) in [6.45, 7) is 0.920. The van der Waals surface area contributed by atoms with E-state index in [4.69, 9.17) is 10.8 Å². The van der Waals surface area contributed by atoms with Gasteiger partial charge < -0.3 is 16.2 Å². The number of aliphatic hydroxyl groups excluding tert-OH is 1. The van der Waals surface area contributed by atoms with E-state index >= 15 is 0 Å². The van der Waals surface area contributed by atoms with Crippen LogP contribution in [-0.2, 0) is 13.0 Å². The van der Waals surface area contributed by atoms with Crippen LogP contribution in [0.2, 0.25) is 0 Å². The Morgan fingerprint density at radius 3 is 3.15 bits per heavy atom. The predicted molar refractivity (Wildman–Crippen MR) is 52.5 cm³/mol. The summed E-state index contributed by atoms with van der Waals surface area (Å²) < 4.78 is 0. The number of benzene rings is 1. The zero-order valence-electron chi connectivity index (χ0n) is 7.46. The molecule has 3 heteroatoms. The molecule has 0 aromatic heterocycles. The molecule has 0 amide bonds. The average molecular weight is 178 g/mol. The lowest BCUT2D eigenvalue weighted by Crippen LogP contribution is -2.35. The summed E-state index contributed by atoms with van der Waals surface area (Å²) in [6, 6.07) is 6.18. The lowest BCUT2D eigenvalue weighted by atomic mass is 9.99. The Bertz CT molecular complexity index is 312. The molecule has 1 heterocycles. The van der Waals surface area contributed by atoms with Crippen molar-refractivity contribution in [1.82, 2.24) is 0 Å². The molecule has 0 fully saturated rings. The first-order chi connectivity index (χ1) is 6.29. The largest absolute Gasteiger partial charge is 0.392 e. The predicted octanol–water partition coefficient (Wildman–Crippen LogP) is 0.474. The summed E-state index contributed by atoms with van der Waals surface area (Å²) in [4.78, 5) is 0. The molecule has 1 aliphatic rings. The first kappa shape index (κ1) is 8.53. The first-order valence-corrected chi connectivity index (χ1v) is 4.51. The molecule has 1 aromatic carbocycles. The molecule has 0 saturated heterocycles. The summed E-state index contributed by atoms with van der Waals surface area (Å²) in [6.07, 6.45) is 0.925. The molecule has 1 aromatic rings. The van der Waals surface area contributed by atoms with Crippen LogP contribution in [0.15, 0.2) is 18.2 Å². The summed E-state index contributed by atoms with van der Waals surface area (Å²) in [5.74, 6) is 0. The highest BCUT2D eigenvalue weighted by atomic mass is 16.3. The number of hydrogen-bond acceptors (Lipinski definition) is 3. The molecule has 2 rings (SSSR count). The van der Waals surface area contributed by atoms with Crippen LogP contribution in [0.1, 0.15) is 11.1 Å². The van der Waals surface area contributed by atoms with Crippen molar-refractivity contribution >= 4 is 5.69 Å². The highest BCUT2D eigenvalue weighted by Crippen LogP contribution is 2.22. The van der Waals surface area contributed by atoms with Gasteiger partial charge in [0.25, 0.3) is 0 Å². The average Bonchev–Trinajstić information content (AvgIpc) is 2.17. The van der Waals surface area contributed by atoms with Gasteiger partial charge in [0.1, 0.15) is 0 Å². The fourth-order valence-corrected chi connectivity index (χ4v) is 1.66. The van der Waals surface area contributed by atoms with Gasteiger partial charge in [-0.3, -0.25) is 0 Å². The molecule has 13 heavy (non-hydrogen) atoms. The molecule has 4 N–H and O–H groups in total. The zero-order valence-corrected chi connectivity index (χ0v) is 7.46. The van der Waals surface area contributed by atoms with E-state index in [1.807, 2.05) is 18.2 Å². The second-order valence-corrected chi connectivity index (χ2v) is 3.49. The minimum absolute atomic E-state index is 0.0982. The number of aliphatic hydroxyl groups is 1. The van der Waals surface area contributed by atoms with Crippen molar-refractivity contribution in [2.45, 2.75) is 19.1 Å². The summed E-state index contributed by atoms with van der Waals surface area (Å²) >= 11 is 0. The highest BCUT2D eigenvalue weighted by Gasteiger charge is 2.14. The third-order valence-corrected chi connectivity index (χ3v) is 2.39. The topological polar surface area (TPSA) is 58.3 Å². The second-order valence-electron chi connectivity index (χ2n) is 3.49. The number of nitrogens with one attached hydrogen (secondary N) is 1. The van der Waals surface area contributed by atoms with E-state index < -0.39 is 0 Å². The minimum atomic E-state index is 0.0982. The van der Waals surface area contributed by atoms with Crippen molar-refractivity contribution in [3.8, 4) is 0 Å². The molecule has 0 aliphatic carbocycles. The third kappa shape index (κ3) is 1.66. The molecule has 1 aliphatic heterocycles. The number of rotatable bonds is 1. The first-order valence-electron chi connectivity index (χ1n) is 4.51. The zero-order chi connectivity index (χ0) is 9.26. The molecule has 70 valence electrons. The highest BCUT2D eigenvalue weighted by molar-refractivity contribution is 5.55. The molecule has 0 spiro atoms. The van der Waals surface area contributed by atoms with E-state index in [1.54, 1.807) is 0 Å². The second kappa shape index (κ2) is 3.36. The number of fused-ring (bicyclic) bond motifs is 1. The van der Waals surface area contributed by atoms with Crippen LogP contribution in [0, 0.1) is 0 Å². The molecule has 3 nitrogen and oxygen atoms in total. The molecule has 0 unspecified atom stereocenters. The fraction of sp³-hybridized carbons (Fsp3) is 0.400. The van der Waals surface area contributed by atoms with Gasteiger partial charge in [-0.2, -0.15) is 0 Å². The van der Waals surface area contributed by atoms with Crippen LogP contribution < -0.4 is 11.1 Å². The van der Waals surface area contributed by atoms with Crippen molar-refractivity contribution in [3.63, 3.8) is 0 Å². The van der Waals surface area contributed by atoms with Crippen molar-refractivity contribution in [2.75, 3.05) is 11.9 Å². The van der Waals surface area contributed by atoms with Gasteiger partial charge in [0.05, 0.1) is 6.61 Å².